The molecular weight excluding hydrogens is 268 g/mol. The quantitative estimate of drug-likeness (QED) is 0.911. The molecule has 0 aliphatic carbocycles. The lowest BCUT2D eigenvalue weighted by molar-refractivity contribution is -0.0450. The molecule has 0 bridgehead atoms. The number of hydrogen-bond acceptors (Lipinski definition) is 6. The van der Waals surface area contributed by atoms with Crippen LogP contribution in [0.1, 0.15) is 51.4 Å². The van der Waals surface area contributed by atoms with Crippen molar-refractivity contribution in [2.75, 3.05) is 32.8 Å². The van der Waals surface area contributed by atoms with Crippen molar-refractivity contribution in [3.8, 4) is 0 Å². The summed E-state index contributed by atoms with van der Waals surface area (Å²) in [7, 11) is 0. The largest absolute Gasteiger partial charge is 0.367 e. The van der Waals surface area contributed by atoms with Crippen LogP contribution in [0.15, 0.2) is 4.52 Å². The van der Waals surface area contributed by atoms with Gasteiger partial charge in [-0.1, -0.05) is 12.1 Å². The maximum atomic E-state index is 5.84. The minimum Gasteiger partial charge on any atom is -0.367 e. The van der Waals surface area contributed by atoms with Crippen molar-refractivity contribution >= 4 is 0 Å². The number of piperidine rings is 1. The lowest BCUT2D eigenvalue weighted by Gasteiger charge is -2.34. The van der Waals surface area contributed by atoms with E-state index in [0.29, 0.717) is 11.9 Å². The number of nitrogens with one attached hydrogen (secondary N) is 1. The molecule has 3 heterocycles. The van der Waals surface area contributed by atoms with Crippen LogP contribution in [-0.4, -0.2) is 53.9 Å². The van der Waals surface area contributed by atoms with Crippen molar-refractivity contribution in [1.29, 1.82) is 0 Å². The molecular formula is C15H26N4O2. The summed E-state index contributed by atoms with van der Waals surface area (Å²) < 4.78 is 11.4. The number of aromatic nitrogens is 2. The van der Waals surface area contributed by atoms with Gasteiger partial charge in [-0.15, -0.1) is 0 Å². The van der Waals surface area contributed by atoms with Gasteiger partial charge in [0, 0.05) is 24.5 Å². The Hall–Kier alpha value is -0.980. The van der Waals surface area contributed by atoms with Gasteiger partial charge in [-0.05, 0) is 39.8 Å². The van der Waals surface area contributed by atoms with E-state index in [-0.39, 0.29) is 11.5 Å². The van der Waals surface area contributed by atoms with Gasteiger partial charge in [0.25, 0.3) is 0 Å². The Labute approximate surface area is 126 Å². The summed E-state index contributed by atoms with van der Waals surface area (Å²) in [6.07, 6.45) is 2.01. The van der Waals surface area contributed by atoms with Crippen LogP contribution in [-0.2, 0) is 10.2 Å². The standard InChI is InChI=1S/C15H26N4O2/c1-11(2)19-8-9-20-12(10-19)13-17-14(21-18-13)15(3)4-6-16-7-5-15/h11-12,16H,4-10H2,1-3H3. The molecule has 1 aromatic heterocycles. The zero-order chi connectivity index (χ0) is 14.9. The third-order valence-corrected chi connectivity index (χ3v) is 4.78. The van der Waals surface area contributed by atoms with E-state index in [4.69, 9.17) is 9.26 Å². The number of nitrogens with zero attached hydrogens (tertiary/aromatic N) is 3. The highest BCUT2D eigenvalue weighted by Gasteiger charge is 2.36. The molecule has 1 aromatic rings. The minimum absolute atomic E-state index is 0.00288. The van der Waals surface area contributed by atoms with Crippen LogP contribution in [0.2, 0.25) is 0 Å². The van der Waals surface area contributed by atoms with E-state index in [1.807, 2.05) is 0 Å². The van der Waals surface area contributed by atoms with E-state index in [1.165, 1.54) is 0 Å². The lowest BCUT2D eigenvalue weighted by Crippen LogP contribution is -2.42. The number of ether oxygens (including phenoxy) is 1. The molecule has 2 aliphatic heterocycles. The van der Waals surface area contributed by atoms with Crippen LogP contribution in [0.4, 0.5) is 0 Å². The van der Waals surface area contributed by atoms with E-state index in [9.17, 15) is 0 Å². The maximum Gasteiger partial charge on any atom is 0.232 e. The Kier molecular flexibility index (Phi) is 4.28. The summed E-state index contributed by atoms with van der Waals surface area (Å²) in [6, 6.07) is 0.518. The third-order valence-electron chi connectivity index (χ3n) is 4.78. The fourth-order valence-electron chi connectivity index (χ4n) is 3.10. The van der Waals surface area contributed by atoms with Gasteiger partial charge in [0.05, 0.1) is 6.61 Å². The molecule has 3 rings (SSSR count). The van der Waals surface area contributed by atoms with Gasteiger partial charge >= 0.3 is 0 Å². The molecule has 0 amide bonds. The molecule has 1 unspecified atom stereocenters. The molecule has 21 heavy (non-hydrogen) atoms. The summed E-state index contributed by atoms with van der Waals surface area (Å²) in [5.41, 5.74) is 0.00288. The Morgan fingerprint density at radius 3 is 2.81 bits per heavy atom. The Balaban J connectivity index is 1.72. The van der Waals surface area contributed by atoms with E-state index in [2.05, 4.69) is 41.1 Å². The minimum atomic E-state index is -0.0658. The van der Waals surface area contributed by atoms with Gasteiger partial charge < -0.3 is 14.6 Å². The Morgan fingerprint density at radius 1 is 1.33 bits per heavy atom. The molecule has 2 saturated heterocycles. The Bertz CT molecular complexity index is 468. The van der Waals surface area contributed by atoms with E-state index in [0.717, 1.165) is 51.5 Å². The molecule has 0 radical (unpaired) electrons. The molecule has 6 heteroatoms. The van der Waals surface area contributed by atoms with Gasteiger partial charge in [-0.2, -0.15) is 4.98 Å². The van der Waals surface area contributed by atoms with Crippen molar-refractivity contribution in [2.45, 2.75) is 51.2 Å². The Morgan fingerprint density at radius 2 is 2.10 bits per heavy atom. The second-order valence-corrected chi connectivity index (χ2v) is 6.72. The predicted molar refractivity (Wildman–Crippen MR) is 79.2 cm³/mol. The highest BCUT2D eigenvalue weighted by atomic mass is 16.5. The van der Waals surface area contributed by atoms with Gasteiger partial charge in [-0.25, -0.2) is 0 Å². The summed E-state index contributed by atoms with van der Waals surface area (Å²) >= 11 is 0. The molecule has 2 fully saturated rings. The zero-order valence-electron chi connectivity index (χ0n) is 13.3. The lowest BCUT2D eigenvalue weighted by atomic mass is 9.81. The van der Waals surface area contributed by atoms with Crippen molar-refractivity contribution in [1.82, 2.24) is 20.4 Å². The van der Waals surface area contributed by atoms with Crippen LogP contribution < -0.4 is 5.32 Å². The summed E-state index contributed by atoms with van der Waals surface area (Å²) in [4.78, 5) is 7.07. The van der Waals surface area contributed by atoms with Crippen LogP contribution >= 0.6 is 0 Å². The molecule has 0 saturated carbocycles. The van der Waals surface area contributed by atoms with Crippen LogP contribution in [0.5, 0.6) is 0 Å². The van der Waals surface area contributed by atoms with E-state index < -0.39 is 0 Å². The number of rotatable bonds is 3. The first-order valence-corrected chi connectivity index (χ1v) is 7.99. The second kappa shape index (κ2) is 6.02. The molecule has 0 aromatic carbocycles. The number of morpholine rings is 1. The fourth-order valence-corrected chi connectivity index (χ4v) is 3.10. The van der Waals surface area contributed by atoms with E-state index >= 15 is 0 Å². The predicted octanol–water partition coefficient (Wildman–Crippen LogP) is 1.49. The maximum absolute atomic E-state index is 5.84. The van der Waals surface area contributed by atoms with Gasteiger partial charge in [0.15, 0.2) is 0 Å². The first-order valence-electron chi connectivity index (χ1n) is 7.99. The monoisotopic (exact) mass is 294 g/mol. The van der Waals surface area contributed by atoms with E-state index in [1.54, 1.807) is 0 Å². The summed E-state index contributed by atoms with van der Waals surface area (Å²) in [5, 5.41) is 7.57. The molecule has 0 spiro atoms. The van der Waals surface area contributed by atoms with Gasteiger partial charge in [0.2, 0.25) is 11.7 Å². The topological polar surface area (TPSA) is 63.4 Å². The SMILES string of the molecule is CC(C)N1CCOC(c2noc(C3(C)CCNCC3)n2)C1. The zero-order valence-corrected chi connectivity index (χ0v) is 13.3. The molecule has 1 atom stereocenters. The van der Waals surface area contributed by atoms with Crippen LogP contribution in [0.3, 0.4) is 0 Å². The first-order chi connectivity index (χ1) is 10.1. The van der Waals surface area contributed by atoms with Crippen molar-refractivity contribution < 1.29 is 9.26 Å². The average Bonchev–Trinajstić information content (AvgIpc) is 2.99. The number of hydrogen-bond donors (Lipinski definition) is 1. The molecule has 1 N–H and O–H groups in total. The molecule has 6 nitrogen and oxygen atoms in total. The van der Waals surface area contributed by atoms with Crippen molar-refractivity contribution in [3.05, 3.63) is 11.7 Å². The van der Waals surface area contributed by atoms with Crippen LogP contribution in [0.25, 0.3) is 0 Å². The fraction of sp³-hybridized carbons (Fsp3) is 0.867. The second-order valence-electron chi connectivity index (χ2n) is 6.72. The highest BCUT2D eigenvalue weighted by molar-refractivity contribution is 5.07. The van der Waals surface area contributed by atoms with Crippen LogP contribution in [0, 0.1) is 0 Å². The smallest absolute Gasteiger partial charge is 0.232 e. The molecule has 118 valence electrons. The van der Waals surface area contributed by atoms with Crippen molar-refractivity contribution in [3.63, 3.8) is 0 Å². The molecule has 2 aliphatic rings. The van der Waals surface area contributed by atoms with Gasteiger partial charge in [-0.3, -0.25) is 4.90 Å². The van der Waals surface area contributed by atoms with Gasteiger partial charge in [0.1, 0.15) is 6.10 Å². The van der Waals surface area contributed by atoms with Crippen molar-refractivity contribution in [2.24, 2.45) is 0 Å². The first kappa shape index (κ1) is 14.9. The summed E-state index contributed by atoms with van der Waals surface area (Å²) in [5.74, 6) is 1.47. The third kappa shape index (κ3) is 3.12. The average molecular weight is 294 g/mol. The highest BCUT2D eigenvalue weighted by Crippen LogP contribution is 2.32. The normalized spacial score (nSPS) is 27.1. The summed E-state index contributed by atoms with van der Waals surface area (Å²) in [6.45, 7) is 11.2.